The van der Waals surface area contributed by atoms with Gasteiger partial charge in [0.1, 0.15) is 0 Å². The van der Waals surface area contributed by atoms with Crippen LogP contribution in [0.4, 0.5) is 0 Å². The van der Waals surface area contributed by atoms with Gasteiger partial charge in [-0.05, 0) is 55.8 Å². The Hall–Kier alpha value is -0.860. The molecule has 0 spiro atoms. The Balaban J connectivity index is 2.08. The van der Waals surface area contributed by atoms with Gasteiger partial charge in [-0.3, -0.25) is 0 Å². The lowest BCUT2D eigenvalue weighted by atomic mass is 9.98. The van der Waals surface area contributed by atoms with Crippen molar-refractivity contribution in [2.24, 2.45) is 0 Å². The molecular weight excluding hydrogens is 198 g/mol. The highest BCUT2D eigenvalue weighted by atomic mass is 16.3. The highest BCUT2D eigenvalue weighted by Crippen LogP contribution is 2.17. The molecule has 1 aromatic carbocycles. The van der Waals surface area contributed by atoms with E-state index in [2.05, 4.69) is 23.5 Å². The number of aliphatic hydroxyl groups is 1. The lowest BCUT2D eigenvalue weighted by Crippen LogP contribution is -2.12. The first-order valence-corrected chi connectivity index (χ1v) is 6.25. The zero-order chi connectivity index (χ0) is 11.4. The largest absolute Gasteiger partial charge is 0.393 e. The number of nitrogens with one attached hydrogen (secondary N) is 1. The van der Waals surface area contributed by atoms with E-state index in [-0.39, 0.29) is 6.10 Å². The fourth-order valence-corrected chi connectivity index (χ4v) is 2.25. The van der Waals surface area contributed by atoms with Gasteiger partial charge >= 0.3 is 0 Å². The van der Waals surface area contributed by atoms with Crippen molar-refractivity contribution >= 4 is 0 Å². The van der Waals surface area contributed by atoms with Crippen molar-refractivity contribution < 1.29 is 5.11 Å². The molecule has 0 saturated heterocycles. The highest BCUT2D eigenvalue weighted by Gasteiger charge is 2.08. The van der Waals surface area contributed by atoms with Crippen LogP contribution in [0.25, 0.3) is 0 Å². The van der Waals surface area contributed by atoms with Crippen molar-refractivity contribution in [3.63, 3.8) is 0 Å². The van der Waals surface area contributed by atoms with Crippen molar-refractivity contribution in [3.8, 4) is 0 Å². The molecule has 0 aliphatic carbocycles. The van der Waals surface area contributed by atoms with Gasteiger partial charge < -0.3 is 10.4 Å². The van der Waals surface area contributed by atoms with Crippen LogP contribution >= 0.6 is 0 Å². The Kier molecular flexibility index (Phi) is 3.97. The van der Waals surface area contributed by atoms with Gasteiger partial charge in [-0.25, -0.2) is 0 Å². The van der Waals surface area contributed by atoms with Gasteiger partial charge in [0.25, 0.3) is 0 Å². The maximum absolute atomic E-state index is 9.28. The molecule has 2 nitrogen and oxygen atoms in total. The molecule has 0 amide bonds. The summed E-state index contributed by atoms with van der Waals surface area (Å²) >= 11 is 0. The van der Waals surface area contributed by atoms with Crippen LogP contribution in [0.3, 0.4) is 0 Å². The van der Waals surface area contributed by atoms with Crippen LogP contribution in [-0.2, 0) is 19.4 Å². The molecule has 0 saturated carbocycles. The third-order valence-electron chi connectivity index (χ3n) is 3.24. The Bertz CT molecular complexity index is 347. The Morgan fingerprint density at radius 3 is 3.06 bits per heavy atom. The van der Waals surface area contributed by atoms with Crippen molar-refractivity contribution in [2.75, 3.05) is 6.54 Å². The summed E-state index contributed by atoms with van der Waals surface area (Å²) in [5.74, 6) is 0. The number of rotatable bonds is 3. The molecule has 2 rings (SSSR count). The van der Waals surface area contributed by atoms with Crippen LogP contribution in [0, 0.1) is 0 Å². The summed E-state index contributed by atoms with van der Waals surface area (Å²) in [7, 11) is 0. The molecule has 1 aromatic rings. The number of aryl methyl sites for hydroxylation is 2. The quantitative estimate of drug-likeness (QED) is 0.815. The summed E-state index contributed by atoms with van der Waals surface area (Å²) in [6, 6.07) is 6.78. The average molecular weight is 219 g/mol. The lowest BCUT2D eigenvalue weighted by Gasteiger charge is -2.09. The van der Waals surface area contributed by atoms with E-state index in [0.29, 0.717) is 0 Å². The molecule has 1 heterocycles. The Labute approximate surface area is 97.7 Å². The summed E-state index contributed by atoms with van der Waals surface area (Å²) in [6.45, 7) is 3.97. The molecule has 1 atom stereocenters. The molecule has 2 heteroatoms. The van der Waals surface area contributed by atoms with Crippen molar-refractivity contribution in [1.82, 2.24) is 5.32 Å². The first-order chi connectivity index (χ1) is 7.75. The molecule has 1 unspecified atom stereocenters. The maximum atomic E-state index is 9.28. The molecule has 88 valence electrons. The minimum absolute atomic E-state index is 0.197. The number of benzene rings is 1. The standard InChI is InChI=1S/C14H21NO/c1-11(16)4-5-12-6-7-13-3-2-8-15-10-14(13)9-12/h6-7,9,11,15-16H,2-5,8,10H2,1H3. The SMILES string of the molecule is CC(O)CCc1ccc2c(c1)CNCCC2. The van der Waals surface area contributed by atoms with Crippen molar-refractivity contribution in [2.45, 2.75) is 45.3 Å². The molecule has 0 aromatic heterocycles. The molecule has 16 heavy (non-hydrogen) atoms. The van der Waals surface area contributed by atoms with Gasteiger partial charge in [-0.2, -0.15) is 0 Å². The zero-order valence-electron chi connectivity index (χ0n) is 10.00. The first kappa shape index (κ1) is 11.6. The van der Waals surface area contributed by atoms with E-state index in [0.717, 1.165) is 25.9 Å². The van der Waals surface area contributed by atoms with Crippen molar-refractivity contribution in [3.05, 3.63) is 34.9 Å². The summed E-state index contributed by atoms with van der Waals surface area (Å²) in [5.41, 5.74) is 4.29. The fourth-order valence-electron chi connectivity index (χ4n) is 2.25. The summed E-state index contributed by atoms with van der Waals surface area (Å²) in [4.78, 5) is 0. The predicted molar refractivity (Wildman–Crippen MR) is 66.5 cm³/mol. The predicted octanol–water partition coefficient (Wildman–Crippen LogP) is 2.04. The normalized spacial score (nSPS) is 17.6. The molecule has 0 fully saturated rings. The van der Waals surface area contributed by atoms with E-state index >= 15 is 0 Å². The summed E-state index contributed by atoms with van der Waals surface area (Å²) in [5, 5.41) is 12.7. The van der Waals surface area contributed by atoms with Crippen LogP contribution in [-0.4, -0.2) is 17.8 Å². The number of aliphatic hydroxyl groups excluding tert-OH is 1. The van der Waals surface area contributed by atoms with Crippen LogP contribution in [0.1, 0.15) is 36.5 Å². The van der Waals surface area contributed by atoms with Gasteiger partial charge in [-0.15, -0.1) is 0 Å². The highest BCUT2D eigenvalue weighted by molar-refractivity contribution is 5.33. The van der Waals surface area contributed by atoms with Gasteiger partial charge in [0.15, 0.2) is 0 Å². The van der Waals surface area contributed by atoms with Crippen LogP contribution in [0.15, 0.2) is 18.2 Å². The van der Waals surface area contributed by atoms with Crippen LogP contribution in [0.5, 0.6) is 0 Å². The molecule has 1 aliphatic heterocycles. The second-order valence-corrected chi connectivity index (χ2v) is 4.77. The first-order valence-electron chi connectivity index (χ1n) is 6.25. The molecule has 1 aliphatic rings. The summed E-state index contributed by atoms with van der Waals surface area (Å²) in [6.07, 6.45) is 4.06. The average Bonchev–Trinajstić information content (AvgIpc) is 2.50. The second kappa shape index (κ2) is 5.46. The molecule has 2 N–H and O–H groups in total. The Morgan fingerprint density at radius 2 is 2.25 bits per heavy atom. The fraction of sp³-hybridized carbons (Fsp3) is 0.571. The van der Waals surface area contributed by atoms with Gasteiger partial charge in [0.05, 0.1) is 6.10 Å². The van der Waals surface area contributed by atoms with E-state index in [1.807, 2.05) is 6.92 Å². The number of hydrogen-bond acceptors (Lipinski definition) is 2. The molecular formula is C14H21NO. The minimum Gasteiger partial charge on any atom is -0.393 e. The minimum atomic E-state index is -0.197. The van der Waals surface area contributed by atoms with Gasteiger partial charge in [-0.1, -0.05) is 18.2 Å². The monoisotopic (exact) mass is 219 g/mol. The third kappa shape index (κ3) is 3.06. The van der Waals surface area contributed by atoms with Gasteiger partial charge in [0, 0.05) is 6.54 Å². The maximum Gasteiger partial charge on any atom is 0.0515 e. The van der Waals surface area contributed by atoms with E-state index in [1.165, 1.54) is 29.5 Å². The third-order valence-corrected chi connectivity index (χ3v) is 3.24. The molecule has 0 bridgehead atoms. The van der Waals surface area contributed by atoms with E-state index in [4.69, 9.17) is 0 Å². The lowest BCUT2D eigenvalue weighted by molar-refractivity contribution is 0.185. The van der Waals surface area contributed by atoms with Crippen molar-refractivity contribution in [1.29, 1.82) is 0 Å². The molecule has 0 radical (unpaired) electrons. The summed E-state index contributed by atoms with van der Waals surface area (Å²) < 4.78 is 0. The van der Waals surface area contributed by atoms with E-state index in [9.17, 15) is 5.11 Å². The Morgan fingerprint density at radius 1 is 1.38 bits per heavy atom. The second-order valence-electron chi connectivity index (χ2n) is 4.77. The zero-order valence-corrected chi connectivity index (χ0v) is 10.00. The van der Waals surface area contributed by atoms with Crippen LogP contribution in [0.2, 0.25) is 0 Å². The number of fused-ring (bicyclic) bond motifs is 1. The smallest absolute Gasteiger partial charge is 0.0515 e. The topological polar surface area (TPSA) is 32.3 Å². The number of hydrogen-bond donors (Lipinski definition) is 2. The van der Waals surface area contributed by atoms with Gasteiger partial charge in [0.2, 0.25) is 0 Å². The van der Waals surface area contributed by atoms with E-state index in [1.54, 1.807) is 0 Å². The van der Waals surface area contributed by atoms with Crippen LogP contribution < -0.4 is 5.32 Å². The van der Waals surface area contributed by atoms with E-state index < -0.39 is 0 Å².